The van der Waals surface area contributed by atoms with Gasteiger partial charge in [-0.15, -0.1) is 0 Å². The number of benzene rings is 1. The molecule has 0 aromatic heterocycles. The lowest BCUT2D eigenvalue weighted by Gasteiger charge is -2.14. The van der Waals surface area contributed by atoms with Gasteiger partial charge in [-0.1, -0.05) is 0 Å². The molecule has 0 saturated heterocycles. The monoisotopic (exact) mass is 228 g/mol. The third kappa shape index (κ3) is 1.93. The van der Waals surface area contributed by atoms with E-state index in [-0.39, 0.29) is 17.1 Å². The lowest BCUT2D eigenvalue weighted by Crippen LogP contribution is -2.10. The third-order valence-electron chi connectivity index (χ3n) is 2.45. The van der Waals surface area contributed by atoms with E-state index in [0.29, 0.717) is 5.56 Å². The Labute approximate surface area is 92.3 Å². The van der Waals surface area contributed by atoms with E-state index in [9.17, 15) is 14.3 Å². The zero-order valence-electron chi connectivity index (χ0n) is 9.24. The first-order valence-electron chi connectivity index (χ1n) is 4.68. The van der Waals surface area contributed by atoms with Crippen molar-refractivity contribution in [1.82, 2.24) is 0 Å². The van der Waals surface area contributed by atoms with E-state index in [1.54, 1.807) is 6.92 Å². The summed E-state index contributed by atoms with van der Waals surface area (Å²) in [6, 6.07) is 1.31. The fourth-order valence-corrected chi connectivity index (χ4v) is 1.41. The molecule has 0 bridgehead atoms. The van der Waals surface area contributed by atoms with E-state index in [2.05, 4.69) is 0 Å². The minimum Gasteiger partial charge on any atom is -0.504 e. The van der Waals surface area contributed by atoms with Crippen molar-refractivity contribution in [3.05, 3.63) is 23.0 Å². The number of phenols is 1. The van der Waals surface area contributed by atoms with E-state index in [1.165, 1.54) is 20.1 Å². The van der Waals surface area contributed by atoms with Gasteiger partial charge in [-0.2, -0.15) is 0 Å². The maximum absolute atomic E-state index is 13.8. The first-order chi connectivity index (χ1) is 7.40. The van der Waals surface area contributed by atoms with Gasteiger partial charge < -0.3 is 14.9 Å². The van der Waals surface area contributed by atoms with E-state index >= 15 is 0 Å². The van der Waals surface area contributed by atoms with E-state index < -0.39 is 17.7 Å². The highest BCUT2D eigenvalue weighted by Gasteiger charge is 2.24. The lowest BCUT2D eigenvalue weighted by atomic mass is 9.97. The van der Waals surface area contributed by atoms with Crippen LogP contribution in [0.3, 0.4) is 0 Å². The quantitative estimate of drug-likeness (QED) is 0.830. The number of hydrogen-bond acceptors (Lipinski definition) is 3. The lowest BCUT2D eigenvalue weighted by molar-refractivity contribution is -0.138. The summed E-state index contributed by atoms with van der Waals surface area (Å²) in [6.07, 6.45) is 0. The molecule has 1 atom stereocenters. The summed E-state index contributed by atoms with van der Waals surface area (Å²) >= 11 is 0. The zero-order valence-corrected chi connectivity index (χ0v) is 9.24. The number of aliphatic carboxylic acids is 1. The molecule has 0 fully saturated rings. The molecule has 88 valence electrons. The van der Waals surface area contributed by atoms with E-state index in [0.717, 1.165) is 0 Å². The Balaban J connectivity index is 3.42. The molecule has 2 N–H and O–H groups in total. The highest BCUT2D eigenvalue weighted by atomic mass is 19.1. The number of aromatic hydroxyl groups is 1. The maximum Gasteiger partial charge on any atom is 0.310 e. The first kappa shape index (κ1) is 12.3. The number of aryl methyl sites for hydroxylation is 1. The molecule has 0 aliphatic carbocycles. The molecule has 1 unspecified atom stereocenters. The summed E-state index contributed by atoms with van der Waals surface area (Å²) in [5.41, 5.74) is 0.376. The standard InChI is InChI=1S/C11H13FO4/c1-5-4-7(6(2)11(14)15)8(12)10(16-3)9(5)13/h4,6,13H,1-3H3,(H,14,15). The van der Waals surface area contributed by atoms with Gasteiger partial charge in [0.1, 0.15) is 0 Å². The normalized spacial score (nSPS) is 12.2. The van der Waals surface area contributed by atoms with Crippen LogP contribution in [0.25, 0.3) is 0 Å². The summed E-state index contributed by atoms with van der Waals surface area (Å²) in [5.74, 6) is -3.58. The van der Waals surface area contributed by atoms with Gasteiger partial charge in [-0.3, -0.25) is 4.79 Å². The molecule has 0 heterocycles. The molecule has 0 aliphatic rings. The molecule has 1 aromatic carbocycles. The second-order valence-electron chi connectivity index (χ2n) is 3.54. The van der Waals surface area contributed by atoms with Gasteiger partial charge in [0.15, 0.2) is 17.3 Å². The van der Waals surface area contributed by atoms with Crippen LogP contribution < -0.4 is 4.74 Å². The zero-order chi connectivity index (χ0) is 12.5. The van der Waals surface area contributed by atoms with Crippen LogP contribution in [0.4, 0.5) is 4.39 Å². The molecule has 1 aromatic rings. The minimum absolute atomic E-state index is 0.000324. The van der Waals surface area contributed by atoms with Crippen LogP contribution >= 0.6 is 0 Å². The van der Waals surface area contributed by atoms with Crippen molar-refractivity contribution in [3.8, 4) is 11.5 Å². The van der Waals surface area contributed by atoms with Gasteiger partial charge in [0.25, 0.3) is 0 Å². The molecule has 4 nitrogen and oxygen atoms in total. The molecular formula is C11H13FO4. The molecule has 0 aliphatic heterocycles. The summed E-state index contributed by atoms with van der Waals surface area (Å²) in [4.78, 5) is 10.8. The van der Waals surface area contributed by atoms with Crippen molar-refractivity contribution >= 4 is 5.97 Å². The smallest absolute Gasteiger partial charge is 0.310 e. The summed E-state index contributed by atoms with van der Waals surface area (Å²) in [6.45, 7) is 2.92. The van der Waals surface area contributed by atoms with Gasteiger partial charge in [0.05, 0.1) is 13.0 Å². The second-order valence-corrected chi connectivity index (χ2v) is 3.54. The SMILES string of the molecule is COc1c(O)c(C)cc(C(C)C(=O)O)c1F. The number of carbonyl (C=O) groups is 1. The van der Waals surface area contributed by atoms with Crippen LogP contribution in [0.15, 0.2) is 6.07 Å². The van der Waals surface area contributed by atoms with Crippen LogP contribution in [0.5, 0.6) is 11.5 Å². The Kier molecular flexibility index (Phi) is 3.37. The molecular weight excluding hydrogens is 215 g/mol. The number of ether oxygens (including phenoxy) is 1. The van der Waals surface area contributed by atoms with Crippen LogP contribution in [0.2, 0.25) is 0 Å². The summed E-state index contributed by atoms with van der Waals surface area (Å²) in [7, 11) is 1.22. The Morgan fingerprint density at radius 1 is 1.56 bits per heavy atom. The topological polar surface area (TPSA) is 66.8 Å². The molecule has 0 amide bonds. The number of carboxylic acids is 1. The predicted molar refractivity (Wildman–Crippen MR) is 55.4 cm³/mol. The van der Waals surface area contributed by atoms with Gasteiger partial charge in [0.2, 0.25) is 0 Å². The van der Waals surface area contributed by atoms with E-state index in [1.807, 2.05) is 0 Å². The molecule has 1 rings (SSSR count). The van der Waals surface area contributed by atoms with Crippen molar-refractivity contribution in [2.45, 2.75) is 19.8 Å². The van der Waals surface area contributed by atoms with Crippen molar-refractivity contribution in [2.75, 3.05) is 7.11 Å². The summed E-state index contributed by atoms with van der Waals surface area (Å²) in [5, 5.41) is 18.3. The Morgan fingerprint density at radius 2 is 2.12 bits per heavy atom. The second kappa shape index (κ2) is 4.38. The van der Waals surface area contributed by atoms with E-state index in [4.69, 9.17) is 9.84 Å². The fraction of sp³-hybridized carbons (Fsp3) is 0.364. The number of carboxylic acid groups (broad SMARTS) is 1. The van der Waals surface area contributed by atoms with Crippen molar-refractivity contribution in [2.24, 2.45) is 0 Å². The average Bonchev–Trinajstić information content (AvgIpc) is 2.23. The van der Waals surface area contributed by atoms with Gasteiger partial charge >= 0.3 is 5.97 Å². The van der Waals surface area contributed by atoms with Crippen molar-refractivity contribution in [3.63, 3.8) is 0 Å². The van der Waals surface area contributed by atoms with Gasteiger partial charge in [-0.25, -0.2) is 4.39 Å². The van der Waals surface area contributed by atoms with Crippen LogP contribution in [-0.2, 0) is 4.79 Å². The Hall–Kier alpha value is -1.78. The van der Waals surface area contributed by atoms with Crippen LogP contribution in [-0.4, -0.2) is 23.3 Å². The number of halogens is 1. The molecule has 0 spiro atoms. The number of methoxy groups -OCH3 is 1. The predicted octanol–water partition coefficient (Wildman–Crippen LogP) is 2.04. The summed E-state index contributed by atoms with van der Waals surface area (Å²) < 4.78 is 18.5. The highest BCUT2D eigenvalue weighted by Crippen LogP contribution is 2.37. The van der Waals surface area contributed by atoms with Gasteiger partial charge in [-0.05, 0) is 25.5 Å². The minimum atomic E-state index is -1.13. The molecule has 5 heteroatoms. The third-order valence-corrected chi connectivity index (χ3v) is 2.45. The number of phenolic OH excluding ortho intramolecular Hbond substituents is 1. The average molecular weight is 228 g/mol. The van der Waals surface area contributed by atoms with Crippen LogP contribution in [0.1, 0.15) is 24.0 Å². The molecule has 16 heavy (non-hydrogen) atoms. The van der Waals surface area contributed by atoms with Crippen LogP contribution in [0, 0.1) is 12.7 Å². The van der Waals surface area contributed by atoms with Gasteiger partial charge in [0, 0.05) is 5.56 Å². The largest absolute Gasteiger partial charge is 0.504 e. The number of hydrogen-bond donors (Lipinski definition) is 2. The fourth-order valence-electron chi connectivity index (χ4n) is 1.41. The highest BCUT2D eigenvalue weighted by molar-refractivity contribution is 5.76. The first-order valence-corrected chi connectivity index (χ1v) is 4.68. The Morgan fingerprint density at radius 3 is 2.56 bits per heavy atom. The Bertz CT molecular complexity index is 428. The molecule has 0 radical (unpaired) electrons. The van der Waals surface area contributed by atoms with Crippen molar-refractivity contribution in [1.29, 1.82) is 0 Å². The number of rotatable bonds is 3. The maximum atomic E-state index is 13.8. The van der Waals surface area contributed by atoms with Crippen molar-refractivity contribution < 1.29 is 24.1 Å². The molecule has 0 saturated carbocycles.